The van der Waals surface area contributed by atoms with Crippen LogP contribution in [0.25, 0.3) is 6.08 Å². The molecule has 30 heavy (non-hydrogen) atoms. The number of halogens is 1. The minimum absolute atomic E-state index is 0.0440. The number of hydrogen-bond acceptors (Lipinski definition) is 3. The van der Waals surface area contributed by atoms with Crippen LogP contribution < -0.4 is 10.1 Å². The predicted molar refractivity (Wildman–Crippen MR) is 119 cm³/mol. The lowest BCUT2D eigenvalue weighted by atomic mass is 10.1. The van der Waals surface area contributed by atoms with E-state index in [-0.39, 0.29) is 11.6 Å². The maximum atomic E-state index is 12.5. The van der Waals surface area contributed by atoms with Crippen molar-refractivity contribution in [1.29, 1.82) is 5.26 Å². The summed E-state index contributed by atoms with van der Waals surface area (Å²) in [4.78, 5) is 12.5. The summed E-state index contributed by atoms with van der Waals surface area (Å²) in [6.45, 7) is 2.24. The molecule has 3 aromatic carbocycles. The highest BCUT2D eigenvalue weighted by Crippen LogP contribution is 2.20. The fourth-order valence-electron chi connectivity index (χ4n) is 2.85. The number of nitriles is 1. The molecule has 1 atom stereocenters. The number of ether oxygens (including phenoxy) is 1. The van der Waals surface area contributed by atoms with Crippen LogP contribution in [0.5, 0.6) is 5.75 Å². The highest BCUT2D eigenvalue weighted by atomic mass is 35.5. The van der Waals surface area contributed by atoms with Crippen molar-refractivity contribution in [2.45, 2.75) is 19.6 Å². The summed E-state index contributed by atoms with van der Waals surface area (Å²) in [5, 5.41) is 12.9. The first-order chi connectivity index (χ1) is 14.6. The molecular weight excluding hydrogens is 396 g/mol. The molecule has 1 amide bonds. The van der Waals surface area contributed by atoms with Crippen LogP contribution in [-0.4, -0.2) is 5.91 Å². The number of carbonyl (C=O) groups is 1. The Bertz CT molecular complexity index is 1070. The summed E-state index contributed by atoms with van der Waals surface area (Å²) in [6, 6.07) is 26.1. The Morgan fingerprint density at radius 1 is 1.07 bits per heavy atom. The Kier molecular flexibility index (Phi) is 7.26. The molecule has 0 saturated carbocycles. The lowest BCUT2D eigenvalue weighted by molar-refractivity contribution is -0.117. The minimum Gasteiger partial charge on any atom is -0.489 e. The van der Waals surface area contributed by atoms with Crippen LogP contribution >= 0.6 is 11.6 Å². The van der Waals surface area contributed by atoms with Crippen LogP contribution in [0.15, 0.2) is 84.4 Å². The van der Waals surface area contributed by atoms with E-state index in [1.54, 1.807) is 30.3 Å². The summed E-state index contributed by atoms with van der Waals surface area (Å²) >= 11 is 6.14. The molecule has 0 radical (unpaired) electrons. The molecule has 0 aliphatic carbocycles. The molecule has 0 aliphatic rings. The number of nitrogens with one attached hydrogen (secondary N) is 1. The molecule has 4 nitrogen and oxygen atoms in total. The van der Waals surface area contributed by atoms with E-state index in [1.807, 2.05) is 67.6 Å². The van der Waals surface area contributed by atoms with Gasteiger partial charge in [0.1, 0.15) is 24.0 Å². The van der Waals surface area contributed by atoms with E-state index < -0.39 is 5.91 Å². The highest BCUT2D eigenvalue weighted by molar-refractivity contribution is 6.31. The average Bonchev–Trinajstić information content (AvgIpc) is 2.78. The zero-order valence-corrected chi connectivity index (χ0v) is 17.3. The Labute approximate surface area is 181 Å². The lowest BCUT2D eigenvalue weighted by Crippen LogP contribution is -2.27. The van der Waals surface area contributed by atoms with Crippen molar-refractivity contribution in [3.8, 4) is 11.8 Å². The van der Waals surface area contributed by atoms with Crippen molar-refractivity contribution in [2.75, 3.05) is 0 Å². The zero-order chi connectivity index (χ0) is 21.3. The Morgan fingerprint density at radius 2 is 1.73 bits per heavy atom. The Balaban J connectivity index is 1.63. The third-order valence-electron chi connectivity index (χ3n) is 4.56. The molecule has 0 spiro atoms. The first-order valence-corrected chi connectivity index (χ1v) is 9.88. The van der Waals surface area contributed by atoms with Gasteiger partial charge in [0.25, 0.3) is 5.91 Å². The van der Waals surface area contributed by atoms with Crippen molar-refractivity contribution >= 4 is 23.6 Å². The number of nitrogens with zero attached hydrogens (tertiary/aromatic N) is 1. The van der Waals surface area contributed by atoms with Crippen molar-refractivity contribution in [1.82, 2.24) is 5.32 Å². The molecule has 1 N–H and O–H groups in total. The van der Waals surface area contributed by atoms with E-state index in [0.29, 0.717) is 17.4 Å². The van der Waals surface area contributed by atoms with E-state index in [4.69, 9.17) is 16.3 Å². The van der Waals surface area contributed by atoms with Gasteiger partial charge in [-0.25, -0.2) is 0 Å². The molecular formula is C25H21ClN2O2. The van der Waals surface area contributed by atoms with Crippen LogP contribution in [0.4, 0.5) is 0 Å². The van der Waals surface area contributed by atoms with Crippen LogP contribution in [0.2, 0.25) is 5.02 Å². The molecule has 0 saturated heterocycles. The van der Waals surface area contributed by atoms with Gasteiger partial charge in [0, 0.05) is 10.6 Å². The number of rotatable bonds is 7. The molecule has 0 heterocycles. The monoisotopic (exact) mass is 416 g/mol. The quantitative estimate of drug-likeness (QED) is 0.396. The molecule has 0 aromatic heterocycles. The zero-order valence-electron chi connectivity index (χ0n) is 16.5. The van der Waals surface area contributed by atoms with E-state index in [2.05, 4.69) is 5.32 Å². The Hall–Kier alpha value is -3.55. The highest BCUT2D eigenvalue weighted by Gasteiger charge is 2.13. The maximum Gasteiger partial charge on any atom is 0.262 e. The normalized spacial score (nSPS) is 12.0. The smallest absolute Gasteiger partial charge is 0.262 e. The fourth-order valence-corrected chi connectivity index (χ4v) is 3.04. The van der Waals surface area contributed by atoms with Gasteiger partial charge >= 0.3 is 0 Å². The first-order valence-electron chi connectivity index (χ1n) is 9.50. The first kappa shape index (κ1) is 21.2. The molecule has 0 fully saturated rings. The van der Waals surface area contributed by atoms with Crippen LogP contribution in [-0.2, 0) is 11.4 Å². The average molecular weight is 417 g/mol. The summed E-state index contributed by atoms with van der Waals surface area (Å²) < 4.78 is 5.76. The van der Waals surface area contributed by atoms with Gasteiger partial charge in [0.2, 0.25) is 0 Å². The van der Waals surface area contributed by atoms with Crippen LogP contribution in [0.1, 0.15) is 29.7 Å². The number of benzene rings is 3. The van der Waals surface area contributed by atoms with Crippen LogP contribution in [0.3, 0.4) is 0 Å². The van der Waals surface area contributed by atoms with Crippen molar-refractivity contribution in [3.63, 3.8) is 0 Å². The second kappa shape index (κ2) is 10.3. The summed E-state index contributed by atoms with van der Waals surface area (Å²) in [5.74, 6) is 0.264. The Morgan fingerprint density at radius 3 is 2.40 bits per heavy atom. The van der Waals surface area contributed by atoms with Crippen LogP contribution in [0, 0.1) is 11.3 Å². The summed E-state index contributed by atoms with van der Waals surface area (Å²) in [7, 11) is 0. The third-order valence-corrected chi connectivity index (χ3v) is 4.92. The van der Waals surface area contributed by atoms with Gasteiger partial charge in [0.15, 0.2) is 0 Å². The summed E-state index contributed by atoms with van der Waals surface area (Å²) in [6.07, 6.45) is 1.56. The second-order valence-electron chi connectivity index (χ2n) is 6.72. The third kappa shape index (κ3) is 5.73. The molecule has 150 valence electrons. The number of hydrogen-bond donors (Lipinski definition) is 1. The van der Waals surface area contributed by atoms with Gasteiger partial charge in [-0.3, -0.25) is 4.79 Å². The van der Waals surface area contributed by atoms with Crippen molar-refractivity contribution in [3.05, 3.63) is 106 Å². The predicted octanol–water partition coefficient (Wildman–Crippen LogP) is 5.70. The second-order valence-corrected chi connectivity index (χ2v) is 7.13. The van der Waals surface area contributed by atoms with Crippen molar-refractivity contribution in [2.24, 2.45) is 0 Å². The topological polar surface area (TPSA) is 62.1 Å². The van der Waals surface area contributed by atoms with E-state index >= 15 is 0 Å². The standard InChI is InChI=1S/C25H21ClN2O2/c1-18(20-7-3-2-4-8-20)28-25(29)22(16-27)15-19-11-13-23(14-12-19)30-17-21-9-5-6-10-24(21)26/h2-15,18H,17H2,1H3,(H,28,29)/b22-15-/t18-/m1/s1. The van der Waals surface area contributed by atoms with Gasteiger partial charge in [-0.1, -0.05) is 72.3 Å². The molecule has 3 rings (SSSR count). The maximum absolute atomic E-state index is 12.5. The lowest BCUT2D eigenvalue weighted by Gasteiger charge is -2.13. The van der Waals surface area contributed by atoms with Gasteiger partial charge < -0.3 is 10.1 Å². The molecule has 3 aromatic rings. The SMILES string of the molecule is C[C@@H](NC(=O)/C(C#N)=C\c1ccc(OCc2ccccc2Cl)cc1)c1ccccc1. The number of amides is 1. The molecule has 0 aliphatic heterocycles. The summed E-state index contributed by atoms with van der Waals surface area (Å²) in [5.41, 5.74) is 2.66. The van der Waals surface area contributed by atoms with E-state index in [9.17, 15) is 10.1 Å². The molecule has 0 bridgehead atoms. The van der Waals surface area contributed by atoms with Gasteiger partial charge in [0.05, 0.1) is 6.04 Å². The van der Waals surface area contributed by atoms with E-state index in [0.717, 1.165) is 16.7 Å². The van der Waals surface area contributed by atoms with E-state index in [1.165, 1.54) is 0 Å². The fraction of sp³-hybridized carbons (Fsp3) is 0.120. The van der Waals surface area contributed by atoms with Crippen molar-refractivity contribution < 1.29 is 9.53 Å². The largest absolute Gasteiger partial charge is 0.489 e. The molecule has 5 heteroatoms. The van der Waals surface area contributed by atoms with Gasteiger partial charge in [-0.15, -0.1) is 0 Å². The van der Waals surface area contributed by atoms with Gasteiger partial charge in [-0.2, -0.15) is 5.26 Å². The van der Waals surface area contributed by atoms with Gasteiger partial charge in [-0.05, 0) is 42.3 Å². The minimum atomic E-state index is -0.409. The molecule has 0 unspecified atom stereocenters. The number of carbonyl (C=O) groups excluding carboxylic acids is 1.